The summed E-state index contributed by atoms with van der Waals surface area (Å²) in [5.74, 6) is 4.63. The summed E-state index contributed by atoms with van der Waals surface area (Å²) < 4.78 is 0. The highest BCUT2D eigenvalue weighted by molar-refractivity contribution is 8.00. The molecule has 0 aromatic heterocycles. The summed E-state index contributed by atoms with van der Waals surface area (Å²) in [7, 11) is 0. The molecular formula is C11H20S. The second-order valence-electron chi connectivity index (χ2n) is 4.50. The normalized spacial score (nSPS) is 43.0. The predicted octanol–water partition coefficient (Wildman–Crippen LogP) is 3.56. The second kappa shape index (κ2) is 3.61. The minimum Gasteiger partial charge on any atom is -0.158 e. The second-order valence-corrected chi connectivity index (χ2v) is 5.85. The Morgan fingerprint density at radius 1 is 1.50 bits per heavy atom. The Hall–Kier alpha value is 0.350. The minimum absolute atomic E-state index is 0.991. The van der Waals surface area contributed by atoms with Crippen molar-refractivity contribution in [2.24, 2.45) is 17.8 Å². The van der Waals surface area contributed by atoms with E-state index < -0.39 is 0 Å². The van der Waals surface area contributed by atoms with Crippen LogP contribution in [0.3, 0.4) is 0 Å². The van der Waals surface area contributed by atoms with E-state index in [4.69, 9.17) is 0 Å². The van der Waals surface area contributed by atoms with Crippen molar-refractivity contribution in [3.8, 4) is 0 Å². The van der Waals surface area contributed by atoms with Gasteiger partial charge in [0.15, 0.2) is 0 Å². The van der Waals surface area contributed by atoms with Gasteiger partial charge in [-0.3, -0.25) is 0 Å². The maximum absolute atomic E-state index is 2.44. The Kier molecular flexibility index (Phi) is 2.69. The van der Waals surface area contributed by atoms with Crippen LogP contribution < -0.4 is 0 Å². The molecule has 2 fully saturated rings. The van der Waals surface area contributed by atoms with Gasteiger partial charge in [-0.15, -0.1) is 0 Å². The molecule has 0 amide bonds. The molecule has 2 rings (SSSR count). The fourth-order valence-corrected chi connectivity index (χ4v) is 4.38. The number of hydrogen-bond donors (Lipinski definition) is 0. The van der Waals surface area contributed by atoms with Gasteiger partial charge in [0.05, 0.1) is 0 Å². The van der Waals surface area contributed by atoms with Crippen molar-refractivity contribution in [3.05, 3.63) is 0 Å². The summed E-state index contributed by atoms with van der Waals surface area (Å²) in [5, 5.41) is 1.07. The van der Waals surface area contributed by atoms with Crippen molar-refractivity contribution < 1.29 is 0 Å². The van der Waals surface area contributed by atoms with Crippen LogP contribution in [0.25, 0.3) is 0 Å². The zero-order chi connectivity index (χ0) is 8.55. The minimum atomic E-state index is 0.991. The molecular weight excluding hydrogens is 164 g/mol. The van der Waals surface area contributed by atoms with Crippen molar-refractivity contribution in [2.45, 2.75) is 44.8 Å². The standard InChI is InChI=1S/C11H20S/c1-3-8(2)10-7-11-9(10)5-4-6-12-11/h8-11H,3-7H2,1-2H3. The van der Waals surface area contributed by atoms with Crippen LogP contribution >= 0.6 is 11.8 Å². The maximum atomic E-state index is 2.44. The molecule has 12 heavy (non-hydrogen) atoms. The van der Waals surface area contributed by atoms with Gasteiger partial charge in [0.1, 0.15) is 0 Å². The van der Waals surface area contributed by atoms with Crippen molar-refractivity contribution in [1.29, 1.82) is 0 Å². The predicted molar refractivity (Wildman–Crippen MR) is 56.5 cm³/mol. The van der Waals surface area contributed by atoms with Gasteiger partial charge in [-0.25, -0.2) is 0 Å². The first-order chi connectivity index (χ1) is 5.83. The van der Waals surface area contributed by atoms with Gasteiger partial charge in [-0.05, 0) is 42.8 Å². The molecule has 0 bridgehead atoms. The number of hydrogen-bond acceptors (Lipinski definition) is 1. The first kappa shape index (κ1) is 8.93. The van der Waals surface area contributed by atoms with E-state index in [9.17, 15) is 0 Å². The Morgan fingerprint density at radius 2 is 2.33 bits per heavy atom. The van der Waals surface area contributed by atoms with Crippen molar-refractivity contribution in [2.75, 3.05) is 5.75 Å². The van der Waals surface area contributed by atoms with Crippen LogP contribution in [-0.2, 0) is 0 Å². The maximum Gasteiger partial charge on any atom is 0.00809 e. The van der Waals surface area contributed by atoms with Crippen LogP contribution in [0.5, 0.6) is 0 Å². The molecule has 1 saturated heterocycles. The summed E-state index contributed by atoms with van der Waals surface area (Å²) >= 11 is 2.24. The lowest BCUT2D eigenvalue weighted by molar-refractivity contribution is 0.107. The molecule has 70 valence electrons. The summed E-state index contributed by atoms with van der Waals surface area (Å²) in [4.78, 5) is 0. The average Bonchev–Trinajstić information content (AvgIpc) is 2.07. The van der Waals surface area contributed by atoms with E-state index in [2.05, 4.69) is 25.6 Å². The highest BCUT2D eigenvalue weighted by Crippen LogP contribution is 2.52. The molecule has 0 radical (unpaired) electrons. The van der Waals surface area contributed by atoms with Gasteiger partial charge in [0.2, 0.25) is 0 Å². The number of thioether (sulfide) groups is 1. The number of rotatable bonds is 2. The largest absolute Gasteiger partial charge is 0.158 e. The lowest BCUT2D eigenvalue weighted by atomic mass is 9.64. The Labute approximate surface area is 80.5 Å². The van der Waals surface area contributed by atoms with Crippen LogP contribution in [0, 0.1) is 17.8 Å². The van der Waals surface area contributed by atoms with Crippen LogP contribution in [0.2, 0.25) is 0 Å². The lowest BCUT2D eigenvalue weighted by Gasteiger charge is -2.50. The first-order valence-electron chi connectivity index (χ1n) is 5.44. The summed E-state index contributed by atoms with van der Waals surface area (Å²) in [6, 6.07) is 0. The molecule has 1 saturated carbocycles. The van der Waals surface area contributed by atoms with Gasteiger partial charge in [0, 0.05) is 5.25 Å². The van der Waals surface area contributed by atoms with Crippen molar-refractivity contribution in [3.63, 3.8) is 0 Å². The third kappa shape index (κ3) is 1.41. The topological polar surface area (TPSA) is 0 Å². The van der Waals surface area contributed by atoms with Crippen LogP contribution in [0.1, 0.15) is 39.5 Å². The van der Waals surface area contributed by atoms with Crippen LogP contribution in [0.4, 0.5) is 0 Å². The van der Waals surface area contributed by atoms with Crippen molar-refractivity contribution >= 4 is 11.8 Å². The third-order valence-electron chi connectivity index (χ3n) is 3.92. The quantitative estimate of drug-likeness (QED) is 0.632. The van der Waals surface area contributed by atoms with E-state index >= 15 is 0 Å². The number of fused-ring (bicyclic) bond motifs is 1. The van der Waals surface area contributed by atoms with Crippen LogP contribution in [0.15, 0.2) is 0 Å². The highest BCUT2D eigenvalue weighted by Gasteiger charge is 2.44. The molecule has 0 aromatic carbocycles. The van der Waals surface area contributed by atoms with Gasteiger partial charge in [-0.1, -0.05) is 20.3 Å². The molecule has 2 aliphatic rings. The average molecular weight is 184 g/mol. The van der Waals surface area contributed by atoms with E-state index in [1.807, 2.05) is 0 Å². The fourth-order valence-electron chi connectivity index (χ4n) is 2.80. The van der Waals surface area contributed by atoms with E-state index in [-0.39, 0.29) is 0 Å². The van der Waals surface area contributed by atoms with E-state index in [0.29, 0.717) is 0 Å². The molecule has 0 nitrogen and oxygen atoms in total. The zero-order valence-electron chi connectivity index (χ0n) is 8.25. The summed E-state index contributed by atoms with van der Waals surface area (Å²) in [6.45, 7) is 4.79. The zero-order valence-corrected chi connectivity index (χ0v) is 9.07. The molecule has 0 aromatic rings. The highest BCUT2D eigenvalue weighted by atomic mass is 32.2. The third-order valence-corrected chi connectivity index (χ3v) is 5.42. The van der Waals surface area contributed by atoms with E-state index in [0.717, 1.165) is 23.0 Å². The van der Waals surface area contributed by atoms with Crippen LogP contribution in [-0.4, -0.2) is 11.0 Å². The van der Waals surface area contributed by atoms with Gasteiger partial charge in [0.25, 0.3) is 0 Å². The molecule has 1 aliphatic carbocycles. The molecule has 1 heteroatoms. The molecule has 4 unspecified atom stereocenters. The van der Waals surface area contributed by atoms with E-state index in [1.165, 1.54) is 31.4 Å². The molecule has 0 N–H and O–H groups in total. The first-order valence-corrected chi connectivity index (χ1v) is 6.49. The Bertz CT molecular complexity index is 153. The monoisotopic (exact) mass is 184 g/mol. The Morgan fingerprint density at radius 3 is 3.00 bits per heavy atom. The van der Waals surface area contributed by atoms with Gasteiger partial charge in [-0.2, -0.15) is 11.8 Å². The SMILES string of the molecule is CCC(C)C1CC2SCCCC21. The molecule has 1 aliphatic heterocycles. The van der Waals surface area contributed by atoms with Gasteiger partial charge >= 0.3 is 0 Å². The van der Waals surface area contributed by atoms with E-state index in [1.54, 1.807) is 0 Å². The fraction of sp³-hybridized carbons (Fsp3) is 1.00. The van der Waals surface area contributed by atoms with Gasteiger partial charge < -0.3 is 0 Å². The smallest absolute Gasteiger partial charge is 0.00809 e. The molecule has 1 heterocycles. The molecule has 4 atom stereocenters. The summed E-state index contributed by atoms with van der Waals surface area (Å²) in [6.07, 6.45) is 5.94. The summed E-state index contributed by atoms with van der Waals surface area (Å²) in [5.41, 5.74) is 0. The lowest BCUT2D eigenvalue weighted by Crippen LogP contribution is -2.44. The van der Waals surface area contributed by atoms with Crippen molar-refractivity contribution in [1.82, 2.24) is 0 Å². The Balaban J connectivity index is 1.88. The molecule has 0 spiro atoms.